The molecule has 1 fully saturated rings. The molecule has 0 aliphatic carbocycles. The number of nitrogens with zero attached hydrogens (tertiary/aromatic N) is 2. The highest BCUT2D eigenvalue weighted by Gasteiger charge is 2.45. The molecule has 0 aromatic carbocycles. The van der Waals surface area contributed by atoms with Crippen LogP contribution in [0.3, 0.4) is 0 Å². The van der Waals surface area contributed by atoms with Gasteiger partial charge >= 0.3 is 0 Å². The molecular weight excluding hydrogens is 306 g/mol. The van der Waals surface area contributed by atoms with Crippen LogP contribution in [0.25, 0.3) is 0 Å². The van der Waals surface area contributed by atoms with Crippen LogP contribution in [0, 0.1) is 0 Å². The zero-order chi connectivity index (χ0) is 14.3. The van der Waals surface area contributed by atoms with E-state index in [0.29, 0.717) is 0 Å². The molecule has 4 rings (SSSR count). The van der Waals surface area contributed by atoms with E-state index in [2.05, 4.69) is 20.9 Å². The number of fused-ring (bicyclic) bond motifs is 2. The molecule has 1 N–H and O–H groups in total. The molecule has 0 unspecified atom stereocenters. The molecule has 2 aliphatic heterocycles. The predicted octanol–water partition coefficient (Wildman–Crippen LogP) is 3.19. The lowest BCUT2D eigenvalue weighted by molar-refractivity contribution is -0.0446. The van der Waals surface area contributed by atoms with Gasteiger partial charge in [0.2, 0.25) is 0 Å². The second-order valence-electron chi connectivity index (χ2n) is 5.75. The van der Waals surface area contributed by atoms with Crippen molar-refractivity contribution in [1.29, 1.82) is 0 Å². The van der Waals surface area contributed by atoms with Crippen molar-refractivity contribution in [2.45, 2.75) is 31.3 Å². The topological polar surface area (TPSA) is 41.2 Å². The third-order valence-corrected chi connectivity index (χ3v) is 5.91. The summed E-state index contributed by atoms with van der Waals surface area (Å²) in [5.74, 6) is 0. The minimum absolute atomic E-state index is 0.0301. The number of halogens is 1. The molecule has 1 saturated heterocycles. The van der Waals surface area contributed by atoms with E-state index in [1.165, 1.54) is 16.3 Å². The molecule has 2 aromatic heterocycles. The van der Waals surface area contributed by atoms with E-state index in [0.717, 1.165) is 49.9 Å². The summed E-state index contributed by atoms with van der Waals surface area (Å²) in [5.41, 5.74) is 2.57. The van der Waals surface area contributed by atoms with Gasteiger partial charge in [-0.05, 0) is 25.0 Å². The number of hydrogen-bond acceptors (Lipinski definition) is 4. The average Bonchev–Trinajstić information content (AvgIpc) is 3.13. The van der Waals surface area contributed by atoms with Crippen molar-refractivity contribution >= 4 is 22.9 Å². The average molecular weight is 324 g/mol. The van der Waals surface area contributed by atoms with Crippen molar-refractivity contribution in [2.75, 3.05) is 19.8 Å². The van der Waals surface area contributed by atoms with Crippen molar-refractivity contribution in [2.24, 2.45) is 0 Å². The lowest BCUT2D eigenvalue weighted by Gasteiger charge is -2.48. The number of ether oxygens (including phenoxy) is 1. The fourth-order valence-electron chi connectivity index (χ4n) is 3.64. The highest BCUT2D eigenvalue weighted by Crippen LogP contribution is 2.42. The van der Waals surface area contributed by atoms with Gasteiger partial charge in [-0.25, -0.2) is 4.98 Å². The first kappa shape index (κ1) is 13.8. The first-order chi connectivity index (χ1) is 10.3. The molecule has 0 radical (unpaired) electrons. The van der Waals surface area contributed by atoms with E-state index in [4.69, 9.17) is 16.3 Å². The van der Waals surface area contributed by atoms with Crippen molar-refractivity contribution in [3.8, 4) is 0 Å². The molecular formula is C15H18ClN3OS. The fraction of sp³-hybridized carbons (Fsp3) is 0.533. The third kappa shape index (κ3) is 2.32. The summed E-state index contributed by atoms with van der Waals surface area (Å²) in [6, 6.07) is 4.13. The third-order valence-electron chi connectivity index (χ3n) is 4.69. The Morgan fingerprint density at radius 2 is 2.24 bits per heavy atom. The molecule has 0 amide bonds. The Morgan fingerprint density at radius 3 is 3.00 bits per heavy atom. The first-order valence-corrected chi connectivity index (χ1v) is 8.57. The van der Waals surface area contributed by atoms with Gasteiger partial charge in [0.25, 0.3) is 0 Å². The van der Waals surface area contributed by atoms with Gasteiger partial charge in [0.1, 0.15) is 0 Å². The summed E-state index contributed by atoms with van der Waals surface area (Å²) in [6.07, 6.45) is 4.92. The molecule has 4 nitrogen and oxygen atoms in total. The summed E-state index contributed by atoms with van der Waals surface area (Å²) >= 11 is 7.76. The summed E-state index contributed by atoms with van der Waals surface area (Å²) in [4.78, 5) is 11.9. The van der Waals surface area contributed by atoms with Gasteiger partial charge in [0.15, 0.2) is 0 Å². The Morgan fingerprint density at radius 1 is 1.38 bits per heavy atom. The highest BCUT2D eigenvalue weighted by atomic mass is 35.5. The lowest BCUT2D eigenvalue weighted by Crippen LogP contribution is -2.53. The molecule has 4 heterocycles. The highest BCUT2D eigenvalue weighted by molar-refractivity contribution is 7.16. The Hall–Kier alpha value is -0.880. The van der Waals surface area contributed by atoms with Crippen LogP contribution in [0.2, 0.25) is 4.34 Å². The molecule has 0 atom stereocenters. The largest absolute Gasteiger partial charge is 0.381 e. The van der Waals surface area contributed by atoms with Crippen LogP contribution in [-0.2, 0) is 23.2 Å². The molecule has 112 valence electrons. The van der Waals surface area contributed by atoms with Gasteiger partial charge in [-0.1, -0.05) is 11.6 Å². The molecule has 0 saturated carbocycles. The van der Waals surface area contributed by atoms with Crippen molar-refractivity contribution in [3.63, 3.8) is 0 Å². The molecule has 21 heavy (non-hydrogen) atoms. The van der Waals surface area contributed by atoms with E-state index in [9.17, 15) is 0 Å². The molecule has 0 bridgehead atoms. The second kappa shape index (κ2) is 5.39. The molecule has 2 aliphatic rings. The zero-order valence-electron chi connectivity index (χ0n) is 11.8. The maximum absolute atomic E-state index is 6.08. The van der Waals surface area contributed by atoms with Gasteiger partial charge in [-0.15, -0.1) is 11.3 Å². The maximum Gasteiger partial charge on any atom is 0.0931 e. The number of aromatic amines is 1. The van der Waals surface area contributed by atoms with E-state index in [1.54, 1.807) is 11.3 Å². The van der Waals surface area contributed by atoms with Crippen LogP contribution in [0.15, 0.2) is 18.5 Å². The number of nitrogens with one attached hydrogen (secondary N) is 1. The SMILES string of the molecule is Clc1ccc(CN2CCc3[nH]cnc3C23CCOCC3)s1. The second-order valence-corrected chi connectivity index (χ2v) is 7.55. The van der Waals surface area contributed by atoms with Gasteiger partial charge < -0.3 is 9.72 Å². The fourth-order valence-corrected chi connectivity index (χ4v) is 4.74. The van der Waals surface area contributed by atoms with Crippen LogP contribution in [0.5, 0.6) is 0 Å². The Bertz CT molecular complexity index is 632. The quantitative estimate of drug-likeness (QED) is 0.922. The number of H-pyrrole nitrogens is 1. The maximum atomic E-state index is 6.08. The monoisotopic (exact) mass is 323 g/mol. The Balaban J connectivity index is 1.69. The Labute approximate surface area is 133 Å². The van der Waals surface area contributed by atoms with Crippen molar-refractivity contribution in [3.05, 3.63) is 39.1 Å². The minimum Gasteiger partial charge on any atom is -0.381 e. The first-order valence-electron chi connectivity index (χ1n) is 7.38. The summed E-state index contributed by atoms with van der Waals surface area (Å²) in [7, 11) is 0. The molecule has 1 spiro atoms. The summed E-state index contributed by atoms with van der Waals surface area (Å²) < 4.78 is 6.47. The normalized spacial score (nSPS) is 21.6. The van der Waals surface area contributed by atoms with Crippen molar-refractivity contribution < 1.29 is 4.74 Å². The number of aromatic nitrogens is 2. The summed E-state index contributed by atoms with van der Waals surface area (Å²) in [5, 5.41) is 0. The van der Waals surface area contributed by atoms with Crippen LogP contribution in [0.4, 0.5) is 0 Å². The van der Waals surface area contributed by atoms with Gasteiger partial charge in [-0.2, -0.15) is 0 Å². The number of rotatable bonds is 2. The molecule has 2 aromatic rings. The molecule has 6 heteroatoms. The Kier molecular flexibility index (Phi) is 3.53. The zero-order valence-corrected chi connectivity index (χ0v) is 13.3. The van der Waals surface area contributed by atoms with E-state index in [1.807, 2.05) is 12.4 Å². The number of imidazole rings is 1. The standard InChI is InChI=1S/C15H18ClN3OS/c16-13-2-1-11(21-13)9-19-6-3-12-14(18-10-17-12)15(19)4-7-20-8-5-15/h1-2,10H,3-9H2,(H,17,18). The van der Waals surface area contributed by atoms with Crippen LogP contribution < -0.4 is 0 Å². The van der Waals surface area contributed by atoms with Crippen molar-refractivity contribution in [1.82, 2.24) is 14.9 Å². The number of hydrogen-bond donors (Lipinski definition) is 1. The van der Waals surface area contributed by atoms with E-state index >= 15 is 0 Å². The number of thiophene rings is 1. The summed E-state index contributed by atoms with van der Waals surface area (Å²) in [6.45, 7) is 3.64. The predicted molar refractivity (Wildman–Crippen MR) is 83.8 cm³/mol. The van der Waals surface area contributed by atoms with Gasteiger partial charge in [0, 0.05) is 43.3 Å². The van der Waals surface area contributed by atoms with Crippen LogP contribution in [-0.4, -0.2) is 34.6 Å². The van der Waals surface area contributed by atoms with Gasteiger partial charge in [0.05, 0.1) is 21.9 Å². The van der Waals surface area contributed by atoms with E-state index < -0.39 is 0 Å². The van der Waals surface area contributed by atoms with Crippen LogP contribution in [0.1, 0.15) is 29.1 Å². The lowest BCUT2D eigenvalue weighted by atomic mass is 9.80. The van der Waals surface area contributed by atoms with Gasteiger partial charge in [-0.3, -0.25) is 4.90 Å². The van der Waals surface area contributed by atoms with E-state index in [-0.39, 0.29) is 5.54 Å². The minimum atomic E-state index is 0.0301. The van der Waals surface area contributed by atoms with Crippen LogP contribution >= 0.6 is 22.9 Å². The smallest absolute Gasteiger partial charge is 0.0931 e.